The fraction of sp³-hybridized carbons (Fsp3) is 0. The van der Waals surface area contributed by atoms with E-state index in [-0.39, 0.29) is 5.78 Å². The number of hydrogen-bond acceptors (Lipinski definition) is 3. The maximum Gasteiger partial charge on any atom is 0.193 e. The van der Waals surface area contributed by atoms with Crippen molar-refractivity contribution in [3.05, 3.63) is 70.5 Å². The van der Waals surface area contributed by atoms with E-state index in [0.29, 0.717) is 15.8 Å². The second kappa shape index (κ2) is 4.74. The smallest absolute Gasteiger partial charge is 0.193 e. The Balaban J connectivity index is 2.11. The van der Waals surface area contributed by atoms with Gasteiger partial charge in [-0.25, -0.2) is 0 Å². The van der Waals surface area contributed by atoms with E-state index in [1.165, 1.54) is 0 Å². The van der Waals surface area contributed by atoms with E-state index < -0.39 is 0 Å². The zero-order chi connectivity index (χ0) is 13.2. The van der Waals surface area contributed by atoms with Crippen LogP contribution in [0.25, 0.3) is 11.0 Å². The number of H-pyrrole nitrogens is 1. The summed E-state index contributed by atoms with van der Waals surface area (Å²) in [6, 6.07) is 14.6. The minimum atomic E-state index is -0.00864. The Morgan fingerprint density at radius 2 is 1.84 bits per heavy atom. The first-order valence-corrected chi connectivity index (χ1v) is 6.24. The van der Waals surface area contributed by atoms with Gasteiger partial charge in [-0.15, -0.1) is 0 Å². The molecule has 0 spiro atoms. The average molecular weight is 266 g/mol. The molecule has 19 heavy (non-hydrogen) atoms. The first-order valence-electron chi connectivity index (χ1n) is 5.83. The normalized spacial score (nSPS) is 10.5. The molecule has 0 unspecified atom stereocenters. The molecule has 3 rings (SSSR count). The fourth-order valence-corrected chi connectivity index (χ4v) is 2.10. The number of nitrogens with one attached hydrogen (secondary N) is 1. The highest BCUT2D eigenvalue weighted by Crippen LogP contribution is 2.15. The zero-order valence-corrected chi connectivity index (χ0v) is 10.8. The van der Waals surface area contributed by atoms with Gasteiger partial charge in [0.25, 0.3) is 0 Å². The van der Waals surface area contributed by atoms with Crippen molar-refractivity contribution in [3.63, 3.8) is 0 Å². The molecule has 0 bridgehead atoms. The highest BCUT2D eigenvalue weighted by atomic mass is 32.1. The molecule has 0 saturated carbocycles. The van der Waals surface area contributed by atoms with Gasteiger partial charge in [0.05, 0.1) is 17.2 Å². The van der Waals surface area contributed by atoms with Gasteiger partial charge in [-0.1, -0.05) is 42.5 Å². The van der Waals surface area contributed by atoms with E-state index in [9.17, 15) is 4.79 Å². The van der Waals surface area contributed by atoms with Crippen LogP contribution in [0.1, 0.15) is 15.9 Å². The number of rotatable bonds is 2. The van der Waals surface area contributed by atoms with Crippen LogP contribution < -0.4 is 0 Å². The van der Waals surface area contributed by atoms with Crippen LogP contribution in [-0.4, -0.2) is 15.8 Å². The molecule has 1 heterocycles. The Kier molecular flexibility index (Phi) is 2.93. The third kappa shape index (κ3) is 2.30. The molecule has 0 saturated heterocycles. The largest absolute Gasteiger partial charge is 0.344 e. The molecular formula is C15H10N2OS. The summed E-state index contributed by atoms with van der Waals surface area (Å²) < 4.78 is 0.553. The summed E-state index contributed by atoms with van der Waals surface area (Å²) in [5.74, 6) is -0.00864. The summed E-state index contributed by atoms with van der Waals surface area (Å²) in [5.41, 5.74) is 2.86. The van der Waals surface area contributed by atoms with Crippen LogP contribution in [0.3, 0.4) is 0 Å². The van der Waals surface area contributed by atoms with Crippen LogP contribution >= 0.6 is 12.2 Å². The maximum atomic E-state index is 12.3. The molecule has 0 aliphatic carbocycles. The lowest BCUT2D eigenvalue weighted by atomic mass is 10.0. The van der Waals surface area contributed by atoms with Crippen LogP contribution in [-0.2, 0) is 0 Å². The number of aromatic amines is 1. The van der Waals surface area contributed by atoms with E-state index in [1.54, 1.807) is 30.5 Å². The van der Waals surface area contributed by atoms with Gasteiger partial charge in [-0.05, 0) is 18.2 Å². The number of benzene rings is 2. The molecule has 3 nitrogen and oxygen atoms in total. The lowest BCUT2D eigenvalue weighted by Crippen LogP contribution is -2.01. The van der Waals surface area contributed by atoms with Crippen molar-refractivity contribution >= 4 is 29.0 Å². The molecule has 92 valence electrons. The van der Waals surface area contributed by atoms with Gasteiger partial charge in [0.2, 0.25) is 0 Å². The molecule has 2 aromatic carbocycles. The van der Waals surface area contributed by atoms with Gasteiger partial charge in [-0.3, -0.25) is 9.78 Å². The number of nitrogens with zero attached hydrogens (tertiary/aromatic N) is 1. The molecule has 0 amide bonds. The van der Waals surface area contributed by atoms with Crippen LogP contribution in [0.5, 0.6) is 0 Å². The Morgan fingerprint density at radius 1 is 1.05 bits per heavy atom. The zero-order valence-electron chi connectivity index (χ0n) is 9.96. The van der Waals surface area contributed by atoms with Gasteiger partial charge in [0, 0.05) is 11.1 Å². The highest BCUT2D eigenvalue weighted by Gasteiger charge is 2.09. The third-order valence-electron chi connectivity index (χ3n) is 2.87. The van der Waals surface area contributed by atoms with E-state index in [0.717, 1.165) is 11.0 Å². The number of ketones is 1. The number of hydrogen-bond donors (Lipinski definition) is 1. The molecule has 1 N–H and O–H groups in total. The summed E-state index contributed by atoms with van der Waals surface area (Å²) in [7, 11) is 0. The highest BCUT2D eigenvalue weighted by molar-refractivity contribution is 7.71. The van der Waals surface area contributed by atoms with Crippen molar-refractivity contribution in [1.29, 1.82) is 0 Å². The standard InChI is InChI=1S/C15H10N2OS/c18-15(10-4-2-1-3-5-10)11-6-7-12-13(8-11)17-14(19)9-16-12/h1-9H,(H,17,19). The minimum Gasteiger partial charge on any atom is -0.344 e. The van der Waals surface area contributed by atoms with Crippen molar-refractivity contribution in [2.75, 3.05) is 0 Å². The SMILES string of the molecule is O=C(c1ccccc1)c1ccc2ncc(=S)[nH]c2c1. The van der Waals surface area contributed by atoms with Gasteiger partial charge in [0.1, 0.15) is 4.64 Å². The van der Waals surface area contributed by atoms with Crippen LogP contribution in [0, 0.1) is 4.64 Å². The monoisotopic (exact) mass is 266 g/mol. The molecular weight excluding hydrogens is 256 g/mol. The summed E-state index contributed by atoms with van der Waals surface area (Å²) >= 11 is 5.04. The quantitative estimate of drug-likeness (QED) is 0.570. The minimum absolute atomic E-state index is 0.00864. The van der Waals surface area contributed by atoms with Gasteiger partial charge < -0.3 is 4.98 Å². The molecule has 0 radical (unpaired) electrons. The van der Waals surface area contributed by atoms with Gasteiger partial charge in [0.15, 0.2) is 5.78 Å². The van der Waals surface area contributed by atoms with Crippen molar-refractivity contribution < 1.29 is 4.79 Å². The van der Waals surface area contributed by atoms with Gasteiger partial charge >= 0.3 is 0 Å². The van der Waals surface area contributed by atoms with Crippen molar-refractivity contribution in [3.8, 4) is 0 Å². The van der Waals surface area contributed by atoms with E-state index in [2.05, 4.69) is 9.97 Å². The molecule has 0 aliphatic heterocycles. The predicted molar refractivity (Wildman–Crippen MR) is 76.8 cm³/mol. The first-order chi connectivity index (χ1) is 9.24. The van der Waals surface area contributed by atoms with Crippen LogP contribution in [0.4, 0.5) is 0 Å². The average Bonchev–Trinajstić information content (AvgIpc) is 2.46. The lowest BCUT2D eigenvalue weighted by Gasteiger charge is -2.03. The molecule has 3 aromatic rings. The van der Waals surface area contributed by atoms with Gasteiger partial charge in [-0.2, -0.15) is 0 Å². The molecule has 0 atom stereocenters. The predicted octanol–water partition coefficient (Wildman–Crippen LogP) is 3.52. The maximum absolute atomic E-state index is 12.3. The Morgan fingerprint density at radius 3 is 2.63 bits per heavy atom. The van der Waals surface area contributed by atoms with E-state index in [4.69, 9.17) is 12.2 Å². The van der Waals surface area contributed by atoms with Crippen molar-refractivity contribution in [2.24, 2.45) is 0 Å². The Bertz CT molecular complexity index is 809. The van der Waals surface area contributed by atoms with E-state index in [1.807, 2.05) is 24.3 Å². The second-order valence-corrected chi connectivity index (χ2v) is 4.61. The number of aromatic nitrogens is 2. The first kappa shape index (κ1) is 11.7. The number of carbonyl (C=O) groups excluding carboxylic acids is 1. The summed E-state index contributed by atoms with van der Waals surface area (Å²) in [4.78, 5) is 19.6. The molecule has 4 heteroatoms. The number of fused-ring (bicyclic) bond motifs is 1. The number of carbonyl (C=O) groups is 1. The van der Waals surface area contributed by atoms with Crippen molar-refractivity contribution in [2.45, 2.75) is 0 Å². The Labute approximate surface area is 114 Å². The van der Waals surface area contributed by atoms with Crippen LogP contribution in [0.15, 0.2) is 54.7 Å². The topological polar surface area (TPSA) is 45.8 Å². The lowest BCUT2D eigenvalue weighted by molar-refractivity contribution is 0.103. The fourth-order valence-electron chi connectivity index (χ4n) is 1.94. The second-order valence-electron chi connectivity index (χ2n) is 4.17. The molecule has 0 fully saturated rings. The summed E-state index contributed by atoms with van der Waals surface area (Å²) in [5, 5.41) is 0. The Hall–Kier alpha value is -2.33. The van der Waals surface area contributed by atoms with Crippen molar-refractivity contribution in [1.82, 2.24) is 9.97 Å². The molecule has 1 aromatic heterocycles. The van der Waals surface area contributed by atoms with Crippen LogP contribution in [0.2, 0.25) is 0 Å². The summed E-state index contributed by atoms with van der Waals surface area (Å²) in [6.07, 6.45) is 1.59. The third-order valence-corrected chi connectivity index (χ3v) is 3.08. The summed E-state index contributed by atoms with van der Waals surface area (Å²) in [6.45, 7) is 0. The van der Waals surface area contributed by atoms with E-state index >= 15 is 0 Å². The molecule has 0 aliphatic rings.